The van der Waals surface area contributed by atoms with E-state index in [1.807, 2.05) is 0 Å². The number of nitrogens with two attached hydrogens (primary N) is 1. The van der Waals surface area contributed by atoms with Crippen LogP contribution in [-0.4, -0.2) is 23.1 Å². The molecule has 104 valence electrons. The molecular formula is C13H19N3O3. The third kappa shape index (κ3) is 3.64. The highest BCUT2D eigenvalue weighted by Gasteiger charge is 2.24. The average Bonchev–Trinajstić information content (AvgIpc) is 2.45. The topological polar surface area (TPSA) is 91.3 Å². The van der Waals surface area contributed by atoms with Crippen LogP contribution in [0.2, 0.25) is 0 Å². The van der Waals surface area contributed by atoms with Crippen molar-refractivity contribution in [2.75, 3.05) is 13.2 Å². The lowest BCUT2D eigenvalue weighted by atomic mass is 9.80. The minimum atomic E-state index is -0.447. The van der Waals surface area contributed by atoms with E-state index in [1.54, 1.807) is 0 Å². The van der Waals surface area contributed by atoms with E-state index in [0.29, 0.717) is 30.9 Å². The van der Waals surface area contributed by atoms with Gasteiger partial charge in [0.25, 0.3) is 5.69 Å². The Bertz CT molecular complexity index is 439. The third-order valence-corrected chi connectivity index (χ3v) is 3.74. The van der Waals surface area contributed by atoms with Gasteiger partial charge in [-0.3, -0.25) is 10.1 Å². The van der Waals surface area contributed by atoms with E-state index in [-0.39, 0.29) is 5.69 Å². The van der Waals surface area contributed by atoms with Crippen molar-refractivity contribution in [1.82, 2.24) is 4.98 Å². The highest BCUT2D eigenvalue weighted by atomic mass is 16.6. The molecule has 2 atom stereocenters. The first-order valence-electron chi connectivity index (χ1n) is 6.64. The molecule has 1 aromatic heterocycles. The lowest BCUT2D eigenvalue weighted by molar-refractivity contribution is -0.385. The normalized spacial score (nSPS) is 23.0. The Morgan fingerprint density at radius 2 is 2.16 bits per heavy atom. The highest BCUT2D eigenvalue weighted by Crippen LogP contribution is 2.30. The summed E-state index contributed by atoms with van der Waals surface area (Å²) < 4.78 is 5.60. The van der Waals surface area contributed by atoms with Gasteiger partial charge in [-0.25, -0.2) is 4.98 Å². The van der Waals surface area contributed by atoms with Gasteiger partial charge in [-0.1, -0.05) is 12.8 Å². The van der Waals surface area contributed by atoms with Gasteiger partial charge in [0, 0.05) is 12.3 Å². The zero-order valence-corrected chi connectivity index (χ0v) is 10.8. The molecule has 2 N–H and O–H groups in total. The van der Waals surface area contributed by atoms with Gasteiger partial charge in [0.05, 0.1) is 17.6 Å². The zero-order chi connectivity index (χ0) is 13.7. The molecule has 1 saturated carbocycles. The summed E-state index contributed by atoms with van der Waals surface area (Å²) in [6.07, 6.45) is 6.08. The summed E-state index contributed by atoms with van der Waals surface area (Å²) in [5, 5.41) is 10.7. The Morgan fingerprint density at radius 1 is 1.42 bits per heavy atom. The lowest BCUT2D eigenvalue weighted by Crippen LogP contribution is -2.30. The van der Waals surface area contributed by atoms with Gasteiger partial charge >= 0.3 is 0 Å². The van der Waals surface area contributed by atoms with E-state index < -0.39 is 4.92 Å². The van der Waals surface area contributed by atoms with Crippen LogP contribution in [0.25, 0.3) is 0 Å². The van der Waals surface area contributed by atoms with Crippen LogP contribution in [0.5, 0.6) is 5.88 Å². The van der Waals surface area contributed by atoms with Crippen LogP contribution < -0.4 is 10.5 Å². The number of rotatable bonds is 5. The van der Waals surface area contributed by atoms with Crippen molar-refractivity contribution in [2.24, 2.45) is 17.6 Å². The Kier molecular flexibility index (Phi) is 4.68. The van der Waals surface area contributed by atoms with E-state index in [1.165, 1.54) is 31.2 Å². The molecule has 0 amide bonds. The van der Waals surface area contributed by atoms with Crippen molar-refractivity contribution < 1.29 is 9.66 Å². The molecular weight excluding hydrogens is 246 g/mol. The number of ether oxygens (including phenoxy) is 1. The highest BCUT2D eigenvalue weighted by molar-refractivity contribution is 5.32. The molecule has 0 bridgehead atoms. The molecule has 0 spiro atoms. The maximum absolute atomic E-state index is 10.7. The molecule has 1 aliphatic carbocycles. The predicted molar refractivity (Wildman–Crippen MR) is 70.9 cm³/mol. The molecule has 6 nitrogen and oxygen atoms in total. The average molecular weight is 265 g/mol. The second-order valence-electron chi connectivity index (χ2n) is 4.96. The van der Waals surface area contributed by atoms with Gasteiger partial charge in [-0.05, 0) is 31.2 Å². The molecule has 0 aromatic carbocycles. The predicted octanol–water partition coefficient (Wildman–Crippen LogP) is 2.13. The molecule has 6 heteroatoms. The number of hydrogen-bond acceptors (Lipinski definition) is 5. The van der Waals surface area contributed by atoms with Gasteiger partial charge in [0.2, 0.25) is 5.88 Å². The molecule has 1 aromatic rings. The Balaban J connectivity index is 1.94. The van der Waals surface area contributed by atoms with Crippen LogP contribution in [0.4, 0.5) is 5.69 Å². The standard InChI is InChI=1S/C13H19N3O3/c14-8-10-3-1-2-4-11(10)9-19-13-7-12(16(17)18)5-6-15-13/h5-7,10-11H,1-4,8-9,14H2. The minimum Gasteiger partial charge on any atom is -0.477 e. The second-order valence-corrected chi connectivity index (χ2v) is 4.96. The number of pyridine rings is 1. The van der Waals surface area contributed by atoms with Gasteiger partial charge < -0.3 is 10.5 Å². The quantitative estimate of drug-likeness (QED) is 0.650. The molecule has 2 rings (SSSR count). The monoisotopic (exact) mass is 265 g/mol. The molecule has 0 aliphatic heterocycles. The second kappa shape index (κ2) is 6.47. The summed E-state index contributed by atoms with van der Waals surface area (Å²) in [4.78, 5) is 14.2. The number of nitro groups is 1. The summed E-state index contributed by atoms with van der Waals surface area (Å²) in [7, 11) is 0. The first-order chi connectivity index (χ1) is 9.20. The summed E-state index contributed by atoms with van der Waals surface area (Å²) in [6, 6.07) is 2.72. The van der Waals surface area contributed by atoms with E-state index >= 15 is 0 Å². The fraction of sp³-hybridized carbons (Fsp3) is 0.615. The number of aromatic nitrogens is 1. The maximum Gasteiger partial charge on any atom is 0.276 e. The molecule has 2 unspecified atom stereocenters. The van der Waals surface area contributed by atoms with Gasteiger partial charge in [-0.15, -0.1) is 0 Å². The molecule has 0 radical (unpaired) electrons. The molecule has 19 heavy (non-hydrogen) atoms. The van der Waals surface area contributed by atoms with E-state index in [4.69, 9.17) is 10.5 Å². The third-order valence-electron chi connectivity index (χ3n) is 3.74. The van der Waals surface area contributed by atoms with E-state index in [9.17, 15) is 10.1 Å². The fourth-order valence-electron chi connectivity index (χ4n) is 2.60. The summed E-state index contributed by atoms with van der Waals surface area (Å²) in [5.74, 6) is 1.24. The zero-order valence-electron chi connectivity index (χ0n) is 10.8. The van der Waals surface area contributed by atoms with Crippen LogP contribution in [0.1, 0.15) is 25.7 Å². The Labute approximate surface area is 112 Å². The van der Waals surface area contributed by atoms with E-state index in [0.717, 1.165) is 12.8 Å². The summed E-state index contributed by atoms with van der Waals surface area (Å²) in [5.41, 5.74) is 5.77. The van der Waals surface area contributed by atoms with Gasteiger partial charge in [0.1, 0.15) is 0 Å². The van der Waals surface area contributed by atoms with Crippen LogP contribution in [0.15, 0.2) is 18.3 Å². The first kappa shape index (κ1) is 13.7. The SMILES string of the molecule is NCC1CCCCC1COc1cc([N+](=O)[O-])ccn1. The number of nitrogens with zero attached hydrogens (tertiary/aromatic N) is 2. The van der Waals surface area contributed by atoms with Crippen molar-refractivity contribution in [3.8, 4) is 5.88 Å². The maximum atomic E-state index is 10.7. The van der Waals surface area contributed by atoms with Gasteiger partial charge in [-0.2, -0.15) is 0 Å². The van der Waals surface area contributed by atoms with Crippen molar-refractivity contribution in [2.45, 2.75) is 25.7 Å². The van der Waals surface area contributed by atoms with Crippen LogP contribution in [-0.2, 0) is 0 Å². The minimum absolute atomic E-state index is 0.00372. The summed E-state index contributed by atoms with van der Waals surface area (Å²) in [6.45, 7) is 1.21. The fourth-order valence-corrected chi connectivity index (χ4v) is 2.60. The van der Waals surface area contributed by atoms with Crippen LogP contribution in [0, 0.1) is 22.0 Å². The van der Waals surface area contributed by atoms with Crippen molar-refractivity contribution in [3.05, 3.63) is 28.4 Å². The largest absolute Gasteiger partial charge is 0.477 e. The Morgan fingerprint density at radius 3 is 2.84 bits per heavy atom. The lowest BCUT2D eigenvalue weighted by Gasteiger charge is -2.30. The molecule has 1 aliphatic rings. The number of hydrogen-bond donors (Lipinski definition) is 1. The van der Waals surface area contributed by atoms with Crippen LogP contribution >= 0.6 is 0 Å². The smallest absolute Gasteiger partial charge is 0.276 e. The van der Waals surface area contributed by atoms with E-state index in [2.05, 4.69) is 4.98 Å². The molecule has 1 heterocycles. The first-order valence-corrected chi connectivity index (χ1v) is 6.64. The Hall–Kier alpha value is -1.69. The van der Waals surface area contributed by atoms with Crippen molar-refractivity contribution in [1.29, 1.82) is 0 Å². The van der Waals surface area contributed by atoms with Crippen molar-refractivity contribution in [3.63, 3.8) is 0 Å². The van der Waals surface area contributed by atoms with Crippen LogP contribution in [0.3, 0.4) is 0 Å². The summed E-state index contributed by atoms with van der Waals surface area (Å²) >= 11 is 0. The van der Waals surface area contributed by atoms with Crippen molar-refractivity contribution >= 4 is 5.69 Å². The molecule has 1 fully saturated rings. The van der Waals surface area contributed by atoms with Gasteiger partial charge in [0.15, 0.2) is 0 Å². The molecule has 0 saturated heterocycles.